The monoisotopic (exact) mass is 387 g/mol. The quantitative estimate of drug-likeness (QED) is 0.476. The summed E-state index contributed by atoms with van der Waals surface area (Å²) < 4.78 is 0. The maximum atomic E-state index is 12.4. The predicted octanol–water partition coefficient (Wildman–Crippen LogP) is 2.10. The van der Waals surface area contributed by atoms with Crippen molar-refractivity contribution in [3.8, 4) is 0 Å². The molecule has 0 aromatic heterocycles. The van der Waals surface area contributed by atoms with Gasteiger partial charge in [0, 0.05) is 45.0 Å². The first-order valence-corrected chi connectivity index (χ1v) is 10.4. The Morgan fingerprint density at radius 1 is 1.07 bits per heavy atom. The fraction of sp³-hybridized carbons (Fsp3) is 0.591. The number of nitrogens with zero attached hydrogens (tertiary/aromatic N) is 1. The number of rotatable bonds is 10. The van der Waals surface area contributed by atoms with E-state index >= 15 is 0 Å². The van der Waals surface area contributed by atoms with E-state index in [0.717, 1.165) is 32.4 Å². The summed E-state index contributed by atoms with van der Waals surface area (Å²) in [6, 6.07) is 5.92. The first-order valence-electron chi connectivity index (χ1n) is 10.4. The average Bonchev–Trinajstić information content (AvgIpc) is 2.94. The largest absolute Gasteiger partial charge is 0.356 e. The lowest BCUT2D eigenvalue weighted by atomic mass is 9.97. The smallest absolute Gasteiger partial charge is 0.222 e. The summed E-state index contributed by atoms with van der Waals surface area (Å²) in [5, 5.41) is 6.20. The summed E-state index contributed by atoms with van der Waals surface area (Å²) in [5.74, 6) is 0.0332. The number of amides is 2. The molecule has 0 saturated heterocycles. The van der Waals surface area contributed by atoms with Gasteiger partial charge in [-0.25, -0.2) is 0 Å². The second-order valence-electron chi connectivity index (χ2n) is 7.43. The van der Waals surface area contributed by atoms with Gasteiger partial charge in [0.25, 0.3) is 0 Å². The van der Waals surface area contributed by atoms with Crippen LogP contribution in [0.25, 0.3) is 0 Å². The third-order valence-corrected chi connectivity index (χ3v) is 5.13. The predicted molar refractivity (Wildman–Crippen MR) is 110 cm³/mol. The topological polar surface area (TPSA) is 78.5 Å². The molecule has 1 aromatic carbocycles. The molecular weight excluding hydrogens is 354 g/mol. The van der Waals surface area contributed by atoms with Gasteiger partial charge in [-0.3, -0.25) is 14.4 Å². The first kappa shape index (κ1) is 22.1. The Kier molecular flexibility index (Phi) is 9.14. The zero-order chi connectivity index (χ0) is 20.4. The Hall–Kier alpha value is -2.21. The minimum absolute atomic E-state index is 0.0139. The summed E-state index contributed by atoms with van der Waals surface area (Å²) in [6.45, 7) is 5.04. The highest BCUT2D eigenvalue weighted by atomic mass is 16.2. The summed E-state index contributed by atoms with van der Waals surface area (Å²) in [5.41, 5.74) is 3.24. The molecule has 0 aliphatic carbocycles. The van der Waals surface area contributed by atoms with E-state index in [4.69, 9.17) is 0 Å². The van der Waals surface area contributed by atoms with Crippen molar-refractivity contribution >= 4 is 17.6 Å². The van der Waals surface area contributed by atoms with Crippen LogP contribution in [0.5, 0.6) is 0 Å². The molecule has 28 heavy (non-hydrogen) atoms. The molecule has 0 atom stereocenters. The van der Waals surface area contributed by atoms with Crippen molar-refractivity contribution in [1.82, 2.24) is 15.5 Å². The summed E-state index contributed by atoms with van der Waals surface area (Å²) in [7, 11) is 1.79. The normalized spacial score (nSPS) is 13.4. The maximum absolute atomic E-state index is 12.4. The number of hydrogen-bond acceptors (Lipinski definition) is 4. The maximum Gasteiger partial charge on any atom is 0.222 e. The molecular formula is C22H33N3O3. The zero-order valence-corrected chi connectivity index (χ0v) is 17.2. The van der Waals surface area contributed by atoms with E-state index in [1.54, 1.807) is 11.9 Å². The first-order chi connectivity index (χ1) is 13.5. The van der Waals surface area contributed by atoms with Crippen LogP contribution in [0.3, 0.4) is 0 Å². The molecule has 6 nitrogen and oxygen atoms in total. The number of fused-ring (bicyclic) bond motifs is 1. The van der Waals surface area contributed by atoms with E-state index in [9.17, 15) is 14.4 Å². The number of hydrogen-bond donors (Lipinski definition) is 2. The molecule has 0 bridgehead atoms. The number of carbonyl (C=O) groups excluding carboxylic acids is 3. The second-order valence-corrected chi connectivity index (χ2v) is 7.43. The van der Waals surface area contributed by atoms with Crippen molar-refractivity contribution < 1.29 is 14.4 Å². The van der Waals surface area contributed by atoms with Gasteiger partial charge in [-0.15, -0.1) is 0 Å². The van der Waals surface area contributed by atoms with E-state index in [2.05, 4.69) is 10.6 Å². The van der Waals surface area contributed by atoms with E-state index in [-0.39, 0.29) is 30.4 Å². The van der Waals surface area contributed by atoms with Crippen molar-refractivity contribution in [2.75, 3.05) is 33.2 Å². The fourth-order valence-corrected chi connectivity index (χ4v) is 3.38. The molecule has 1 aromatic rings. The van der Waals surface area contributed by atoms with Crippen molar-refractivity contribution in [2.24, 2.45) is 0 Å². The van der Waals surface area contributed by atoms with Gasteiger partial charge < -0.3 is 15.5 Å². The Bertz CT molecular complexity index is 688. The van der Waals surface area contributed by atoms with Gasteiger partial charge in [0.05, 0.1) is 0 Å². The highest BCUT2D eigenvalue weighted by molar-refractivity contribution is 5.98. The van der Waals surface area contributed by atoms with Gasteiger partial charge in [0.15, 0.2) is 5.78 Å². The standard InChI is InChI=1S/C22H33N3O3/c1-3-5-22(28)25(2)15-4-12-24-21(27)9-8-20(26)19-7-6-17-10-13-23-14-11-18(17)16-19/h6-7,16,23H,3-5,8-15H2,1-2H3,(H,24,27). The second kappa shape index (κ2) is 11.6. The lowest BCUT2D eigenvalue weighted by Gasteiger charge is -2.16. The van der Waals surface area contributed by atoms with E-state index < -0.39 is 0 Å². The van der Waals surface area contributed by atoms with Gasteiger partial charge in [-0.05, 0) is 56.0 Å². The van der Waals surface area contributed by atoms with Crippen molar-refractivity contribution in [3.05, 3.63) is 34.9 Å². The molecule has 0 saturated carbocycles. The number of benzene rings is 1. The van der Waals surface area contributed by atoms with Crippen LogP contribution in [0.15, 0.2) is 18.2 Å². The molecule has 6 heteroatoms. The molecule has 2 N–H and O–H groups in total. The van der Waals surface area contributed by atoms with Crippen LogP contribution < -0.4 is 10.6 Å². The van der Waals surface area contributed by atoms with E-state index in [0.29, 0.717) is 31.5 Å². The molecule has 0 spiro atoms. The van der Waals surface area contributed by atoms with Gasteiger partial charge in [0.2, 0.25) is 11.8 Å². The third-order valence-electron chi connectivity index (χ3n) is 5.13. The Labute approximate surface area is 168 Å². The Morgan fingerprint density at radius 2 is 1.82 bits per heavy atom. The Morgan fingerprint density at radius 3 is 2.57 bits per heavy atom. The number of carbonyl (C=O) groups is 3. The minimum Gasteiger partial charge on any atom is -0.356 e. The van der Waals surface area contributed by atoms with Gasteiger partial charge >= 0.3 is 0 Å². The summed E-state index contributed by atoms with van der Waals surface area (Å²) >= 11 is 0. The van der Waals surface area contributed by atoms with Gasteiger partial charge in [-0.1, -0.05) is 19.1 Å². The highest BCUT2D eigenvalue weighted by Gasteiger charge is 2.13. The van der Waals surface area contributed by atoms with Crippen LogP contribution >= 0.6 is 0 Å². The van der Waals surface area contributed by atoms with Gasteiger partial charge in [-0.2, -0.15) is 0 Å². The fourth-order valence-electron chi connectivity index (χ4n) is 3.38. The van der Waals surface area contributed by atoms with Crippen molar-refractivity contribution in [3.63, 3.8) is 0 Å². The van der Waals surface area contributed by atoms with Crippen LogP contribution in [0.2, 0.25) is 0 Å². The molecule has 1 heterocycles. The lowest BCUT2D eigenvalue weighted by molar-refractivity contribution is -0.129. The van der Waals surface area contributed by atoms with Crippen LogP contribution in [0.1, 0.15) is 60.5 Å². The minimum atomic E-state index is -0.116. The van der Waals surface area contributed by atoms with E-state index in [1.165, 1.54) is 11.1 Å². The molecule has 1 aliphatic heterocycles. The lowest BCUT2D eigenvalue weighted by Crippen LogP contribution is -2.31. The molecule has 1 aliphatic rings. The SMILES string of the molecule is CCCC(=O)N(C)CCCNC(=O)CCC(=O)c1ccc2c(c1)CCNCC2. The van der Waals surface area contributed by atoms with Crippen LogP contribution in [-0.4, -0.2) is 55.7 Å². The summed E-state index contributed by atoms with van der Waals surface area (Å²) in [6.07, 6.45) is 4.46. The van der Waals surface area contributed by atoms with Crippen LogP contribution in [0, 0.1) is 0 Å². The van der Waals surface area contributed by atoms with Crippen LogP contribution in [-0.2, 0) is 22.4 Å². The zero-order valence-electron chi connectivity index (χ0n) is 17.2. The molecule has 2 rings (SSSR count). The Balaban J connectivity index is 1.69. The molecule has 0 radical (unpaired) electrons. The van der Waals surface area contributed by atoms with Crippen molar-refractivity contribution in [2.45, 2.75) is 51.9 Å². The third kappa shape index (κ3) is 7.08. The van der Waals surface area contributed by atoms with Crippen molar-refractivity contribution in [1.29, 1.82) is 0 Å². The number of Topliss-reactive ketones (excluding diaryl/α,β-unsaturated/α-hetero) is 1. The summed E-state index contributed by atoms with van der Waals surface area (Å²) in [4.78, 5) is 37.8. The highest BCUT2D eigenvalue weighted by Crippen LogP contribution is 2.17. The molecule has 154 valence electrons. The van der Waals surface area contributed by atoms with E-state index in [1.807, 2.05) is 25.1 Å². The average molecular weight is 388 g/mol. The molecule has 2 amide bonds. The molecule has 0 fully saturated rings. The van der Waals surface area contributed by atoms with Crippen LogP contribution in [0.4, 0.5) is 0 Å². The number of ketones is 1. The number of nitrogens with one attached hydrogen (secondary N) is 2. The molecule has 0 unspecified atom stereocenters. The van der Waals surface area contributed by atoms with Gasteiger partial charge in [0.1, 0.15) is 0 Å².